The number of piperidine rings is 1. The Bertz CT molecular complexity index is 414. The second-order valence-electron chi connectivity index (χ2n) is 4.63. The topological polar surface area (TPSA) is 49.3 Å². The molecule has 4 heteroatoms. The average Bonchev–Trinajstić information content (AvgIpc) is 2.33. The Morgan fingerprint density at radius 3 is 2.82 bits per heavy atom. The molecular formula is C13H16FNO2. The van der Waals surface area contributed by atoms with Crippen LogP contribution in [0.25, 0.3) is 0 Å². The first-order valence-electron chi connectivity index (χ1n) is 5.82. The predicted octanol–water partition coefficient (Wildman–Crippen LogP) is 1.82. The van der Waals surface area contributed by atoms with E-state index in [4.69, 9.17) is 0 Å². The fourth-order valence-corrected chi connectivity index (χ4v) is 2.38. The van der Waals surface area contributed by atoms with Gasteiger partial charge in [-0.15, -0.1) is 0 Å². The van der Waals surface area contributed by atoms with E-state index in [-0.39, 0.29) is 12.2 Å². The van der Waals surface area contributed by atoms with Crippen LogP contribution in [-0.4, -0.2) is 24.2 Å². The van der Waals surface area contributed by atoms with Gasteiger partial charge in [0, 0.05) is 6.54 Å². The van der Waals surface area contributed by atoms with Crippen molar-refractivity contribution in [3.05, 3.63) is 35.6 Å². The lowest BCUT2D eigenvalue weighted by molar-refractivity contribution is -0.150. The standard InChI is InChI=1S/C13H16FNO2/c14-11-5-2-1-4-10(11)8-13(12(16)17)6-3-7-15-9-13/h1-2,4-5,15H,3,6-9H2,(H,16,17). The number of hydrogen-bond acceptors (Lipinski definition) is 2. The van der Waals surface area contributed by atoms with Crippen molar-refractivity contribution in [3.8, 4) is 0 Å². The minimum Gasteiger partial charge on any atom is -0.481 e. The van der Waals surface area contributed by atoms with Gasteiger partial charge in [0.15, 0.2) is 0 Å². The van der Waals surface area contributed by atoms with E-state index in [1.54, 1.807) is 18.2 Å². The molecule has 1 aliphatic heterocycles. The van der Waals surface area contributed by atoms with Crippen molar-refractivity contribution in [2.45, 2.75) is 19.3 Å². The summed E-state index contributed by atoms with van der Waals surface area (Å²) in [7, 11) is 0. The third-order valence-electron chi connectivity index (χ3n) is 3.41. The maximum atomic E-state index is 13.6. The van der Waals surface area contributed by atoms with Crippen molar-refractivity contribution in [2.75, 3.05) is 13.1 Å². The summed E-state index contributed by atoms with van der Waals surface area (Å²) in [5, 5.41) is 12.5. The van der Waals surface area contributed by atoms with Gasteiger partial charge in [0.2, 0.25) is 0 Å². The molecule has 0 spiro atoms. The van der Waals surface area contributed by atoms with Gasteiger partial charge < -0.3 is 10.4 Å². The predicted molar refractivity (Wildman–Crippen MR) is 62.3 cm³/mol. The fourth-order valence-electron chi connectivity index (χ4n) is 2.38. The van der Waals surface area contributed by atoms with Gasteiger partial charge in [-0.2, -0.15) is 0 Å². The first-order chi connectivity index (χ1) is 8.14. The molecule has 1 aromatic rings. The summed E-state index contributed by atoms with van der Waals surface area (Å²) in [5.41, 5.74) is -0.376. The molecule has 2 N–H and O–H groups in total. The molecule has 1 unspecified atom stereocenters. The Balaban J connectivity index is 2.24. The summed E-state index contributed by atoms with van der Waals surface area (Å²) in [5.74, 6) is -1.16. The zero-order chi connectivity index (χ0) is 12.3. The molecule has 0 saturated carbocycles. The van der Waals surface area contributed by atoms with E-state index in [1.165, 1.54) is 6.07 Å². The Morgan fingerprint density at radius 1 is 1.47 bits per heavy atom. The second-order valence-corrected chi connectivity index (χ2v) is 4.63. The first kappa shape index (κ1) is 12.0. The van der Waals surface area contributed by atoms with E-state index in [2.05, 4.69) is 5.32 Å². The lowest BCUT2D eigenvalue weighted by Crippen LogP contribution is -2.47. The Labute approximate surface area is 99.7 Å². The number of carboxylic acid groups (broad SMARTS) is 1. The molecule has 0 aliphatic carbocycles. The first-order valence-corrected chi connectivity index (χ1v) is 5.82. The number of aliphatic carboxylic acids is 1. The highest BCUT2D eigenvalue weighted by molar-refractivity contribution is 5.75. The smallest absolute Gasteiger partial charge is 0.311 e. The summed E-state index contributed by atoms with van der Waals surface area (Å²) >= 11 is 0. The number of carboxylic acids is 1. The van der Waals surface area contributed by atoms with Crippen LogP contribution < -0.4 is 5.32 Å². The van der Waals surface area contributed by atoms with Crippen LogP contribution in [0, 0.1) is 11.2 Å². The summed E-state index contributed by atoms with van der Waals surface area (Å²) < 4.78 is 13.6. The second kappa shape index (κ2) is 4.84. The van der Waals surface area contributed by atoms with Gasteiger partial charge in [-0.1, -0.05) is 18.2 Å². The normalized spacial score (nSPS) is 24.5. The number of carbonyl (C=O) groups is 1. The molecule has 1 saturated heterocycles. The van der Waals surface area contributed by atoms with Gasteiger partial charge in [-0.25, -0.2) is 4.39 Å². The highest BCUT2D eigenvalue weighted by Crippen LogP contribution is 2.31. The van der Waals surface area contributed by atoms with Crippen LogP contribution in [0.15, 0.2) is 24.3 Å². The lowest BCUT2D eigenvalue weighted by atomic mass is 9.76. The van der Waals surface area contributed by atoms with E-state index in [0.717, 1.165) is 13.0 Å². The molecule has 3 nitrogen and oxygen atoms in total. The third-order valence-corrected chi connectivity index (χ3v) is 3.41. The molecule has 0 amide bonds. The number of hydrogen-bond donors (Lipinski definition) is 2. The van der Waals surface area contributed by atoms with Crippen LogP contribution in [0.2, 0.25) is 0 Å². The van der Waals surface area contributed by atoms with Gasteiger partial charge in [0.05, 0.1) is 5.41 Å². The van der Waals surface area contributed by atoms with Crippen LogP contribution in [0.4, 0.5) is 4.39 Å². The molecule has 0 aromatic heterocycles. The van der Waals surface area contributed by atoms with E-state index in [9.17, 15) is 14.3 Å². The number of benzene rings is 1. The van der Waals surface area contributed by atoms with Gasteiger partial charge in [-0.05, 0) is 37.4 Å². The molecule has 0 radical (unpaired) electrons. The average molecular weight is 237 g/mol. The number of halogens is 1. The Hall–Kier alpha value is -1.42. The van der Waals surface area contributed by atoms with Gasteiger partial charge in [0.25, 0.3) is 0 Å². The molecule has 1 aliphatic rings. The quantitative estimate of drug-likeness (QED) is 0.843. The molecule has 0 bridgehead atoms. The van der Waals surface area contributed by atoms with E-state index >= 15 is 0 Å². The van der Waals surface area contributed by atoms with Crippen LogP contribution in [0.1, 0.15) is 18.4 Å². The minimum atomic E-state index is -0.861. The van der Waals surface area contributed by atoms with E-state index in [1.807, 2.05) is 0 Å². The minimum absolute atomic E-state index is 0.252. The van der Waals surface area contributed by atoms with Gasteiger partial charge in [0.1, 0.15) is 5.82 Å². The molecule has 1 atom stereocenters. The zero-order valence-electron chi connectivity index (χ0n) is 9.58. The Kier molecular flexibility index (Phi) is 3.43. The van der Waals surface area contributed by atoms with Crippen LogP contribution in [-0.2, 0) is 11.2 Å². The summed E-state index contributed by atoms with van der Waals surface area (Å²) in [6.07, 6.45) is 1.67. The molecule has 1 heterocycles. The van der Waals surface area contributed by atoms with Crippen molar-refractivity contribution < 1.29 is 14.3 Å². The maximum Gasteiger partial charge on any atom is 0.311 e. The molecule has 17 heavy (non-hydrogen) atoms. The highest BCUT2D eigenvalue weighted by atomic mass is 19.1. The van der Waals surface area contributed by atoms with Crippen molar-refractivity contribution in [1.29, 1.82) is 0 Å². The van der Waals surface area contributed by atoms with Crippen LogP contribution in [0.5, 0.6) is 0 Å². The van der Waals surface area contributed by atoms with E-state index in [0.29, 0.717) is 18.5 Å². The van der Waals surface area contributed by atoms with Crippen molar-refractivity contribution in [2.24, 2.45) is 5.41 Å². The largest absolute Gasteiger partial charge is 0.481 e. The monoisotopic (exact) mass is 237 g/mol. The number of nitrogens with one attached hydrogen (secondary N) is 1. The van der Waals surface area contributed by atoms with Crippen LogP contribution >= 0.6 is 0 Å². The molecular weight excluding hydrogens is 221 g/mol. The van der Waals surface area contributed by atoms with Crippen LogP contribution in [0.3, 0.4) is 0 Å². The van der Waals surface area contributed by atoms with E-state index < -0.39 is 11.4 Å². The zero-order valence-corrected chi connectivity index (χ0v) is 9.58. The lowest BCUT2D eigenvalue weighted by Gasteiger charge is -2.33. The van der Waals surface area contributed by atoms with Gasteiger partial charge in [-0.3, -0.25) is 4.79 Å². The highest BCUT2D eigenvalue weighted by Gasteiger charge is 2.40. The van der Waals surface area contributed by atoms with Crippen molar-refractivity contribution >= 4 is 5.97 Å². The van der Waals surface area contributed by atoms with Crippen molar-refractivity contribution in [3.63, 3.8) is 0 Å². The molecule has 1 fully saturated rings. The maximum absolute atomic E-state index is 13.6. The number of rotatable bonds is 3. The SMILES string of the molecule is O=C(O)C1(Cc2ccccc2F)CCCNC1. The molecule has 1 aromatic carbocycles. The summed E-state index contributed by atoms with van der Waals surface area (Å²) in [4.78, 5) is 11.4. The van der Waals surface area contributed by atoms with Gasteiger partial charge >= 0.3 is 5.97 Å². The molecule has 92 valence electrons. The van der Waals surface area contributed by atoms with Crippen molar-refractivity contribution in [1.82, 2.24) is 5.32 Å². The summed E-state index contributed by atoms with van der Waals surface area (Å²) in [6, 6.07) is 6.39. The summed E-state index contributed by atoms with van der Waals surface area (Å²) in [6.45, 7) is 1.25. The Morgan fingerprint density at radius 2 is 2.24 bits per heavy atom. The molecule has 2 rings (SSSR count). The fraction of sp³-hybridized carbons (Fsp3) is 0.462. The third kappa shape index (κ3) is 2.47.